The minimum absolute atomic E-state index is 0.0767. The summed E-state index contributed by atoms with van der Waals surface area (Å²) < 4.78 is 3.84. The number of hydrogen-bond donors (Lipinski definition) is 0. The fraction of sp³-hybridized carbons (Fsp3) is 0.143. The first kappa shape index (κ1) is 17.1. The van der Waals surface area contributed by atoms with Crippen molar-refractivity contribution < 1.29 is 0 Å². The number of thiazole rings is 1. The number of fused-ring (bicyclic) bond motifs is 1. The molecule has 2 aromatic carbocycles. The molecule has 27 heavy (non-hydrogen) atoms. The molecule has 3 nitrogen and oxygen atoms in total. The Balaban J connectivity index is 1.78. The smallest absolute Gasteiger partial charge is 0.272 e. The molecule has 6 heteroatoms. The molecule has 1 aromatic heterocycles. The number of thioether (sulfide) groups is 2. The molecule has 1 fully saturated rings. The number of allylic oxidation sites excluding steroid dienone is 1. The summed E-state index contributed by atoms with van der Waals surface area (Å²) >= 11 is 5.09. The van der Waals surface area contributed by atoms with E-state index in [-0.39, 0.29) is 11.6 Å². The van der Waals surface area contributed by atoms with Gasteiger partial charge in [0, 0.05) is 11.5 Å². The average Bonchev–Trinajstić information content (AvgIpc) is 3.37. The molecule has 2 aliphatic heterocycles. The molecule has 3 aromatic rings. The highest BCUT2D eigenvalue weighted by molar-refractivity contribution is 8.32. The lowest BCUT2D eigenvalue weighted by molar-refractivity contribution is 0.644. The Bertz CT molecular complexity index is 1190. The van der Waals surface area contributed by atoms with E-state index in [0.717, 1.165) is 41.9 Å². The number of benzene rings is 2. The Morgan fingerprint density at radius 2 is 1.59 bits per heavy atom. The van der Waals surface area contributed by atoms with E-state index < -0.39 is 0 Å². The van der Waals surface area contributed by atoms with Gasteiger partial charge in [-0.15, -0.1) is 23.5 Å². The molecule has 2 aliphatic rings. The number of rotatable bonds is 2. The first-order valence-electron chi connectivity index (χ1n) is 8.73. The normalized spacial score (nSPS) is 18.7. The quantitative estimate of drug-likeness (QED) is 0.648. The highest BCUT2D eigenvalue weighted by Crippen LogP contribution is 2.36. The van der Waals surface area contributed by atoms with Gasteiger partial charge in [-0.1, -0.05) is 72.0 Å². The molecule has 0 aliphatic carbocycles. The van der Waals surface area contributed by atoms with E-state index >= 15 is 0 Å². The van der Waals surface area contributed by atoms with Gasteiger partial charge in [-0.3, -0.25) is 9.36 Å². The first-order valence-corrected chi connectivity index (χ1v) is 11.5. The second-order valence-corrected chi connectivity index (χ2v) is 9.70. The first-order chi connectivity index (χ1) is 13.3. The summed E-state index contributed by atoms with van der Waals surface area (Å²) in [6.45, 7) is 0. The van der Waals surface area contributed by atoms with E-state index in [9.17, 15) is 4.79 Å². The lowest BCUT2D eigenvalue weighted by atomic mass is 10.0. The third-order valence-corrected chi connectivity index (χ3v) is 8.59. The van der Waals surface area contributed by atoms with Crippen molar-refractivity contribution in [1.82, 2.24) is 4.57 Å². The van der Waals surface area contributed by atoms with Gasteiger partial charge in [0.2, 0.25) is 0 Å². The van der Waals surface area contributed by atoms with Gasteiger partial charge >= 0.3 is 0 Å². The molecule has 0 saturated carbocycles. The van der Waals surface area contributed by atoms with E-state index in [1.807, 2.05) is 41.0 Å². The van der Waals surface area contributed by atoms with Crippen LogP contribution < -0.4 is 14.9 Å². The van der Waals surface area contributed by atoms with Gasteiger partial charge in [0.05, 0.1) is 16.0 Å². The summed E-state index contributed by atoms with van der Waals surface area (Å²) in [6, 6.07) is 20.2. The molecular weight excluding hydrogens is 392 g/mol. The van der Waals surface area contributed by atoms with Crippen molar-refractivity contribution in [3.8, 4) is 0 Å². The van der Waals surface area contributed by atoms with Crippen molar-refractivity contribution in [2.75, 3.05) is 11.5 Å². The van der Waals surface area contributed by atoms with Gasteiger partial charge in [0.1, 0.15) is 4.53 Å². The summed E-state index contributed by atoms with van der Waals surface area (Å²) in [5.74, 6) is 2.14. The molecule has 1 atom stereocenters. The lowest BCUT2D eigenvalue weighted by Crippen LogP contribution is -2.36. The molecule has 0 bridgehead atoms. The number of nitrogens with zero attached hydrogens (tertiary/aromatic N) is 2. The standard InChI is InChI=1S/C21H16N2OS3/c24-19-18(20-25-11-12-26-20)27-21-22-16(14-7-3-1-4-8-14)13-17(23(19)21)15-9-5-2-6-10-15/h1-10,13,17H,11-12H2/t17-/m1/s1. The number of hydrogen-bond acceptors (Lipinski definition) is 5. The summed E-state index contributed by atoms with van der Waals surface area (Å²) in [5, 5.41) is 0. The molecule has 1 saturated heterocycles. The maximum Gasteiger partial charge on any atom is 0.272 e. The topological polar surface area (TPSA) is 34.4 Å². The maximum atomic E-state index is 13.3. The molecule has 134 valence electrons. The van der Waals surface area contributed by atoms with Gasteiger partial charge in [-0.25, -0.2) is 4.99 Å². The summed E-state index contributed by atoms with van der Waals surface area (Å²) in [5.41, 5.74) is 3.18. The molecule has 0 unspecified atom stereocenters. The highest BCUT2D eigenvalue weighted by atomic mass is 32.2. The van der Waals surface area contributed by atoms with Crippen LogP contribution in [0, 0.1) is 0 Å². The zero-order valence-corrected chi connectivity index (χ0v) is 16.8. The van der Waals surface area contributed by atoms with Gasteiger partial charge < -0.3 is 0 Å². The second kappa shape index (κ2) is 7.19. The van der Waals surface area contributed by atoms with E-state index in [1.54, 1.807) is 23.5 Å². The van der Waals surface area contributed by atoms with Crippen molar-refractivity contribution in [1.29, 1.82) is 0 Å². The van der Waals surface area contributed by atoms with Crippen molar-refractivity contribution in [2.24, 2.45) is 4.99 Å². The Labute approximate surface area is 169 Å². The summed E-state index contributed by atoms with van der Waals surface area (Å²) in [4.78, 5) is 18.9. The van der Waals surface area contributed by atoms with Crippen LogP contribution in [0.25, 0.3) is 9.93 Å². The van der Waals surface area contributed by atoms with E-state index in [2.05, 4.69) is 30.3 Å². The van der Waals surface area contributed by atoms with Crippen LogP contribution in [0.15, 0.2) is 76.5 Å². The van der Waals surface area contributed by atoms with Gasteiger partial charge in [0.15, 0.2) is 4.80 Å². The molecule has 0 N–H and O–H groups in total. The zero-order chi connectivity index (χ0) is 18.2. The fourth-order valence-electron chi connectivity index (χ4n) is 3.30. The SMILES string of the molecule is O=c1c(=C2SCCS2)sc2n1[C@@H](c1ccccc1)C=C(c1ccccc1)N=2. The highest BCUT2D eigenvalue weighted by Gasteiger charge is 2.24. The van der Waals surface area contributed by atoms with Crippen LogP contribution >= 0.6 is 34.9 Å². The average molecular weight is 409 g/mol. The van der Waals surface area contributed by atoms with Crippen LogP contribution in [0.2, 0.25) is 0 Å². The summed E-state index contributed by atoms with van der Waals surface area (Å²) in [7, 11) is 0. The van der Waals surface area contributed by atoms with Crippen molar-refractivity contribution in [3.05, 3.63) is 97.6 Å². The van der Waals surface area contributed by atoms with Gasteiger partial charge in [-0.2, -0.15) is 0 Å². The minimum Gasteiger partial charge on any atom is -0.272 e. The van der Waals surface area contributed by atoms with Crippen LogP contribution in [-0.2, 0) is 0 Å². The third kappa shape index (κ3) is 3.12. The Morgan fingerprint density at radius 1 is 0.926 bits per heavy atom. The molecule has 5 rings (SSSR count). The maximum absolute atomic E-state index is 13.3. The van der Waals surface area contributed by atoms with Crippen molar-refractivity contribution >= 4 is 44.8 Å². The Hall–Kier alpha value is -2.02. The van der Waals surface area contributed by atoms with Crippen LogP contribution in [-0.4, -0.2) is 16.1 Å². The lowest BCUT2D eigenvalue weighted by Gasteiger charge is -2.19. The van der Waals surface area contributed by atoms with Crippen LogP contribution in [0.3, 0.4) is 0 Å². The largest absolute Gasteiger partial charge is 0.272 e. The molecular formula is C21H16N2OS3. The van der Waals surface area contributed by atoms with Crippen LogP contribution in [0.1, 0.15) is 17.2 Å². The van der Waals surface area contributed by atoms with E-state index in [0.29, 0.717) is 0 Å². The molecule has 0 spiro atoms. The van der Waals surface area contributed by atoms with Crippen LogP contribution in [0.5, 0.6) is 0 Å². The second-order valence-electron chi connectivity index (χ2n) is 6.26. The van der Waals surface area contributed by atoms with E-state index in [4.69, 9.17) is 4.99 Å². The molecule has 0 radical (unpaired) electrons. The monoisotopic (exact) mass is 408 g/mol. The Morgan fingerprint density at radius 3 is 2.30 bits per heavy atom. The Kier molecular flexibility index (Phi) is 4.55. The van der Waals surface area contributed by atoms with Crippen LogP contribution in [0.4, 0.5) is 0 Å². The predicted octanol–water partition coefficient (Wildman–Crippen LogP) is 3.72. The third-order valence-electron chi connectivity index (χ3n) is 4.57. The van der Waals surface area contributed by atoms with Crippen molar-refractivity contribution in [2.45, 2.75) is 6.04 Å². The van der Waals surface area contributed by atoms with Gasteiger partial charge in [0.25, 0.3) is 5.56 Å². The minimum atomic E-state index is -0.136. The number of aromatic nitrogens is 1. The molecule has 3 heterocycles. The predicted molar refractivity (Wildman–Crippen MR) is 117 cm³/mol. The zero-order valence-electron chi connectivity index (χ0n) is 14.4. The van der Waals surface area contributed by atoms with Crippen molar-refractivity contribution in [3.63, 3.8) is 0 Å². The van der Waals surface area contributed by atoms with E-state index in [1.165, 1.54) is 11.3 Å². The molecule has 0 amide bonds. The van der Waals surface area contributed by atoms with Gasteiger partial charge in [-0.05, 0) is 17.2 Å². The fourth-order valence-corrected chi connectivity index (χ4v) is 7.10. The summed E-state index contributed by atoms with van der Waals surface area (Å²) in [6.07, 6.45) is 2.11.